The van der Waals surface area contributed by atoms with Crippen molar-refractivity contribution in [3.05, 3.63) is 35.4 Å². The summed E-state index contributed by atoms with van der Waals surface area (Å²) in [6.07, 6.45) is 0.967. The number of benzene rings is 1. The first kappa shape index (κ1) is 16.0. The van der Waals surface area contributed by atoms with Gasteiger partial charge < -0.3 is 10.6 Å². The van der Waals surface area contributed by atoms with Crippen LogP contribution >= 0.6 is 0 Å². The van der Waals surface area contributed by atoms with Crippen LogP contribution in [0.25, 0.3) is 0 Å². The molecule has 0 atom stereocenters. The van der Waals surface area contributed by atoms with Crippen molar-refractivity contribution in [1.82, 2.24) is 15.5 Å². The topological polar surface area (TPSA) is 73.8 Å². The van der Waals surface area contributed by atoms with E-state index in [0.29, 0.717) is 30.2 Å². The van der Waals surface area contributed by atoms with Gasteiger partial charge in [-0.05, 0) is 25.5 Å². The maximum absolute atomic E-state index is 12.2. The summed E-state index contributed by atoms with van der Waals surface area (Å²) in [4.78, 5) is 30.1. The van der Waals surface area contributed by atoms with E-state index in [4.69, 9.17) is 0 Å². The maximum Gasteiger partial charge on any atom is 0.261 e. The summed E-state index contributed by atoms with van der Waals surface area (Å²) in [5.41, 5.74) is 0.970. The second-order valence-corrected chi connectivity index (χ2v) is 4.99. The van der Waals surface area contributed by atoms with Gasteiger partial charge in [-0.2, -0.15) is 0 Å². The highest BCUT2D eigenvalue weighted by Gasteiger charge is 2.34. The zero-order valence-corrected chi connectivity index (χ0v) is 13.1. The fourth-order valence-corrected chi connectivity index (χ4v) is 2.29. The van der Waals surface area contributed by atoms with Crippen molar-refractivity contribution >= 4 is 17.8 Å². The lowest BCUT2D eigenvalue weighted by Gasteiger charge is -2.16. The Morgan fingerprint density at radius 2 is 1.73 bits per heavy atom. The summed E-state index contributed by atoms with van der Waals surface area (Å²) in [5, 5.41) is 6.28. The molecule has 0 aromatic heterocycles. The van der Waals surface area contributed by atoms with Crippen LogP contribution in [0, 0.1) is 0 Å². The van der Waals surface area contributed by atoms with Crippen LogP contribution in [0.15, 0.2) is 29.3 Å². The van der Waals surface area contributed by atoms with Crippen LogP contribution in [0.3, 0.4) is 0 Å². The van der Waals surface area contributed by atoms with Crippen LogP contribution in [0.2, 0.25) is 0 Å². The van der Waals surface area contributed by atoms with Crippen LogP contribution in [0.4, 0.5) is 0 Å². The number of imide groups is 1. The first-order chi connectivity index (χ1) is 10.7. The predicted molar refractivity (Wildman–Crippen MR) is 86.1 cm³/mol. The number of rotatable bonds is 6. The molecule has 0 unspecified atom stereocenters. The molecule has 1 aromatic rings. The molecule has 0 aliphatic carbocycles. The summed E-state index contributed by atoms with van der Waals surface area (Å²) in [6.45, 7) is 6.36. The van der Waals surface area contributed by atoms with E-state index in [0.717, 1.165) is 19.5 Å². The Morgan fingerprint density at radius 3 is 2.27 bits per heavy atom. The molecule has 22 heavy (non-hydrogen) atoms. The van der Waals surface area contributed by atoms with E-state index in [1.165, 1.54) is 4.90 Å². The van der Waals surface area contributed by atoms with Crippen molar-refractivity contribution in [3.63, 3.8) is 0 Å². The molecule has 0 bridgehead atoms. The van der Waals surface area contributed by atoms with E-state index in [9.17, 15) is 9.59 Å². The van der Waals surface area contributed by atoms with E-state index in [1.807, 2.05) is 6.92 Å². The van der Waals surface area contributed by atoms with E-state index in [2.05, 4.69) is 22.5 Å². The molecule has 1 aromatic carbocycles. The van der Waals surface area contributed by atoms with Crippen molar-refractivity contribution in [3.8, 4) is 0 Å². The van der Waals surface area contributed by atoms with Crippen LogP contribution in [0.1, 0.15) is 41.0 Å². The highest BCUT2D eigenvalue weighted by atomic mass is 16.2. The minimum atomic E-state index is -0.224. The lowest BCUT2D eigenvalue weighted by atomic mass is 10.1. The molecule has 0 spiro atoms. The number of carbonyl (C=O) groups excluding carboxylic acids is 2. The summed E-state index contributed by atoms with van der Waals surface area (Å²) < 4.78 is 0. The quantitative estimate of drug-likeness (QED) is 0.471. The number of nitrogens with one attached hydrogen (secondary N) is 2. The molecule has 1 heterocycles. The Kier molecular flexibility index (Phi) is 5.52. The Bertz CT molecular complexity index is 548. The van der Waals surface area contributed by atoms with Gasteiger partial charge in [0, 0.05) is 26.2 Å². The van der Waals surface area contributed by atoms with Gasteiger partial charge in [-0.15, -0.1) is 0 Å². The summed E-state index contributed by atoms with van der Waals surface area (Å²) in [6, 6.07) is 6.92. The van der Waals surface area contributed by atoms with Crippen LogP contribution in [0.5, 0.6) is 0 Å². The third-order valence-electron chi connectivity index (χ3n) is 3.34. The number of guanidine groups is 1. The lowest BCUT2D eigenvalue weighted by Crippen LogP contribution is -2.43. The number of nitrogens with zero attached hydrogens (tertiary/aromatic N) is 2. The van der Waals surface area contributed by atoms with E-state index < -0.39 is 0 Å². The average Bonchev–Trinajstić information content (AvgIpc) is 2.78. The molecule has 2 N–H and O–H groups in total. The molecule has 1 aliphatic rings. The largest absolute Gasteiger partial charge is 0.357 e. The van der Waals surface area contributed by atoms with Crippen LogP contribution in [-0.2, 0) is 0 Å². The first-order valence-corrected chi connectivity index (χ1v) is 7.66. The Balaban J connectivity index is 1.93. The van der Waals surface area contributed by atoms with Crippen molar-refractivity contribution < 1.29 is 9.59 Å². The van der Waals surface area contributed by atoms with Gasteiger partial charge in [0.05, 0.1) is 11.1 Å². The van der Waals surface area contributed by atoms with Gasteiger partial charge in [0.15, 0.2) is 5.96 Å². The lowest BCUT2D eigenvalue weighted by molar-refractivity contribution is 0.0657. The molecule has 0 saturated carbocycles. The highest BCUT2D eigenvalue weighted by molar-refractivity contribution is 6.21. The Hall–Kier alpha value is -2.37. The monoisotopic (exact) mass is 302 g/mol. The van der Waals surface area contributed by atoms with Gasteiger partial charge in [-0.25, -0.2) is 0 Å². The van der Waals surface area contributed by atoms with Gasteiger partial charge >= 0.3 is 0 Å². The molecule has 2 amide bonds. The molecule has 2 rings (SSSR count). The standard InChI is InChI=1S/C16H22N4O2/c1-3-9-18-16(17-4-2)19-10-11-20-14(21)12-7-5-6-8-13(12)15(20)22/h5-8H,3-4,9-11H2,1-2H3,(H2,17,18,19). The molecular formula is C16H22N4O2. The highest BCUT2D eigenvalue weighted by Crippen LogP contribution is 2.21. The molecule has 0 fully saturated rings. The fraction of sp³-hybridized carbons (Fsp3) is 0.438. The van der Waals surface area contributed by atoms with E-state index in [1.54, 1.807) is 24.3 Å². The Labute approximate surface area is 130 Å². The minimum absolute atomic E-state index is 0.224. The smallest absolute Gasteiger partial charge is 0.261 e. The van der Waals surface area contributed by atoms with Crippen molar-refractivity contribution in [2.45, 2.75) is 20.3 Å². The molecule has 0 saturated heterocycles. The second kappa shape index (κ2) is 7.59. The number of aliphatic imine (C=N–C) groups is 1. The van der Waals surface area contributed by atoms with Crippen LogP contribution < -0.4 is 10.6 Å². The summed E-state index contributed by atoms with van der Waals surface area (Å²) in [5.74, 6) is 0.261. The molecule has 6 heteroatoms. The number of fused-ring (bicyclic) bond motifs is 1. The third kappa shape index (κ3) is 3.44. The number of amides is 2. The third-order valence-corrected chi connectivity index (χ3v) is 3.34. The molecule has 1 aliphatic heterocycles. The van der Waals surface area contributed by atoms with Gasteiger partial charge in [0.1, 0.15) is 0 Å². The summed E-state index contributed by atoms with van der Waals surface area (Å²) >= 11 is 0. The van der Waals surface area contributed by atoms with Gasteiger partial charge in [-0.1, -0.05) is 19.1 Å². The predicted octanol–water partition coefficient (Wildman–Crippen LogP) is 1.25. The first-order valence-electron chi connectivity index (χ1n) is 7.66. The number of hydrogen-bond donors (Lipinski definition) is 2. The SMILES string of the molecule is CCCN=C(NCC)NCCN1C(=O)c2ccccc2C1=O. The maximum atomic E-state index is 12.2. The van der Waals surface area contributed by atoms with Gasteiger partial charge in [0.2, 0.25) is 0 Å². The van der Waals surface area contributed by atoms with Crippen molar-refractivity contribution in [2.75, 3.05) is 26.2 Å². The Morgan fingerprint density at radius 1 is 1.09 bits per heavy atom. The molecular weight excluding hydrogens is 280 g/mol. The van der Waals surface area contributed by atoms with E-state index in [-0.39, 0.29) is 11.8 Å². The van der Waals surface area contributed by atoms with E-state index >= 15 is 0 Å². The molecule has 0 radical (unpaired) electrons. The zero-order chi connectivity index (χ0) is 15.9. The number of hydrogen-bond acceptors (Lipinski definition) is 3. The zero-order valence-electron chi connectivity index (χ0n) is 13.1. The fourth-order valence-electron chi connectivity index (χ4n) is 2.29. The van der Waals surface area contributed by atoms with Gasteiger partial charge in [-0.3, -0.25) is 19.5 Å². The molecule has 118 valence electrons. The van der Waals surface area contributed by atoms with Crippen molar-refractivity contribution in [2.24, 2.45) is 4.99 Å². The normalized spacial score (nSPS) is 14.3. The average molecular weight is 302 g/mol. The summed E-state index contributed by atoms with van der Waals surface area (Å²) in [7, 11) is 0. The molecule has 6 nitrogen and oxygen atoms in total. The number of carbonyl (C=O) groups is 2. The van der Waals surface area contributed by atoms with Gasteiger partial charge in [0.25, 0.3) is 11.8 Å². The minimum Gasteiger partial charge on any atom is -0.357 e. The van der Waals surface area contributed by atoms with Crippen LogP contribution in [-0.4, -0.2) is 48.9 Å². The second-order valence-electron chi connectivity index (χ2n) is 4.99. The van der Waals surface area contributed by atoms with Crippen molar-refractivity contribution in [1.29, 1.82) is 0 Å².